The van der Waals surface area contributed by atoms with E-state index in [1.165, 1.54) is 0 Å². The average molecular weight is 329 g/mol. The van der Waals surface area contributed by atoms with Gasteiger partial charge in [0.05, 0.1) is 24.9 Å². The van der Waals surface area contributed by atoms with Crippen LogP contribution in [0.3, 0.4) is 0 Å². The van der Waals surface area contributed by atoms with Crippen LogP contribution in [-0.2, 0) is 4.74 Å². The molecule has 2 heterocycles. The van der Waals surface area contributed by atoms with Crippen molar-refractivity contribution in [1.29, 1.82) is 0 Å². The number of carbonyl (C=O) groups is 1. The molecular formula is C18H23N3O3. The fraction of sp³-hybridized carbons (Fsp3) is 0.444. The zero-order chi connectivity index (χ0) is 17.2. The standard InChI is InChI=1S/C18H23N3O3/c1-4-18(3)12-21(8-10-24-18)17(22)20-14-6-5-13(2)15(11-14)16-19-7-9-23-16/h5-7,9,11H,4,8,10,12H2,1-3H3,(H,20,22)/t18-/m0/s1. The third kappa shape index (κ3) is 3.43. The molecule has 1 aliphatic rings. The van der Waals surface area contributed by atoms with Crippen molar-refractivity contribution in [3.05, 3.63) is 36.2 Å². The molecule has 3 rings (SSSR count). The number of nitrogens with zero attached hydrogens (tertiary/aromatic N) is 2. The second kappa shape index (κ2) is 6.65. The minimum atomic E-state index is -0.272. The molecule has 1 fully saturated rings. The van der Waals surface area contributed by atoms with Gasteiger partial charge in [-0.1, -0.05) is 13.0 Å². The van der Waals surface area contributed by atoms with Gasteiger partial charge in [-0.2, -0.15) is 0 Å². The molecule has 0 unspecified atom stereocenters. The molecule has 0 spiro atoms. The fourth-order valence-corrected chi connectivity index (χ4v) is 2.81. The molecular weight excluding hydrogens is 306 g/mol. The van der Waals surface area contributed by atoms with Crippen molar-refractivity contribution >= 4 is 11.7 Å². The summed E-state index contributed by atoms with van der Waals surface area (Å²) in [5.41, 5.74) is 2.37. The number of carbonyl (C=O) groups excluding carboxylic acids is 1. The van der Waals surface area contributed by atoms with Gasteiger partial charge in [0.25, 0.3) is 0 Å². The molecule has 0 bridgehead atoms. The zero-order valence-corrected chi connectivity index (χ0v) is 14.3. The molecule has 1 N–H and O–H groups in total. The third-order valence-electron chi connectivity index (χ3n) is 4.52. The summed E-state index contributed by atoms with van der Waals surface area (Å²) in [4.78, 5) is 18.6. The quantitative estimate of drug-likeness (QED) is 0.932. The maximum atomic E-state index is 12.6. The number of aromatic nitrogens is 1. The summed E-state index contributed by atoms with van der Waals surface area (Å²) in [6, 6.07) is 5.61. The van der Waals surface area contributed by atoms with E-state index in [2.05, 4.69) is 17.2 Å². The van der Waals surface area contributed by atoms with Crippen LogP contribution in [0.4, 0.5) is 10.5 Å². The minimum Gasteiger partial charge on any atom is -0.445 e. The summed E-state index contributed by atoms with van der Waals surface area (Å²) in [5, 5.41) is 2.97. The number of rotatable bonds is 3. The van der Waals surface area contributed by atoms with Crippen LogP contribution < -0.4 is 5.32 Å². The zero-order valence-electron chi connectivity index (χ0n) is 14.3. The molecule has 1 atom stereocenters. The van der Waals surface area contributed by atoms with Gasteiger partial charge in [-0.25, -0.2) is 9.78 Å². The number of benzene rings is 1. The number of oxazole rings is 1. The summed E-state index contributed by atoms with van der Waals surface area (Å²) in [6.07, 6.45) is 4.02. The van der Waals surface area contributed by atoms with Gasteiger partial charge in [0.15, 0.2) is 0 Å². The second-order valence-electron chi connectivity index (χ2n) is 6.37. The minimum absolute atomic E-state index is 0.111. The van der Waals surface area contributed by atoms with Crippen LogP contribution >= 0.6 is 0 Å². The predicted molar refractivity (Wildman–Crippen MR) is 91.9 cm³/mol. The Morgan fingerprint density at radius 1 is 1.46 bits per heavy atom. The lowest BCUT2D eigenvalue weighted by atomic mass is 10.0. The lowest BCUT2D eigenvalue weighted by Gasteiger charge is -2.39. The lowest BCUT2D eigenvalue weighted by Crippen LogP contribution is -2.53. The monoisotopic (exact) mass is 329 g/mol. The molecule has 1 saturated heterocycles. The Kier molecular flexibility index (Phi) is 4.57. The number of hydrogen-bond acceptors (Lipinski definition) is 4. The molecule has 6 heteroatoms. The van der Waals surface area contributed by atoms with Crippen molar-refractivity contribution in [3.63, 3.8) is 0 Å². The second-order valence-corrected chi connectivity index (χ2v) is 6.37. The highest BCUT2D eigenvalue weighted by atomic mass is 16.5. The van der Waals surface area contributed by atoms with E-state index < -0.39 is 0 Å². The van der Waals surface area contributed by atoms with Gasteiger partial charge in [-0.3, -0.25) is 0 Å². The Balaban J connectivity index is 1.74. The maximum absolute atomic E-state index is 12.6. The first-order valence-electron chi connectivity index (χ1n) is 8.21. The van der Waals surface area contributed by atoms with E-state index >= 15 is 0 Å². The largest absolute Gasteiger partial charge is 0.445 e. The van der Waals surface area contributed by atoms with Gasteiger partial charge in [-0.05, 0) is 38.0 Å². The van der Waals surface area contributed by atoms with E-state index in [1.54, 1.807) is 17.4 Å². The summed E-state index contributed by atoms with van der Waals surface area (Å²) in [6.45, 7) is 7.85. The van der Waals surface area contributed by atoms with Crippen LogP contribution in [0.15, 0.2) is 35.1 Å². The van der Waals surface area contributed by atoms with Crippen LogP contribution in [-0.4, -0.2) is 41.2 Å². The van der Waals surface area contributed by atoms with E-state index in [0.29, 0.717) is 25.6 Å². The Labute approximate surface area is 141 Å². The first-order chi connectivity index (χ1) is 11.5. The average Bonchev–Trinajstić information content (AvgIpc) is 3.11. The van der Waals surface area contributed by atoms with Crippen molar-refractivity contribution < 1.29 is 13.9 Å². The predicted octanol–water partition coefficient (Wildman–Crippen LogP) is 3.68. The molecule has 2 aromatic rings. The van der Waals surface area contributed by atoms with Crippen molar-refractivity contribution in [1.82, 2.24) is 9.88 Å². The van der Waals surface area contributed by atoms with E-state index in [4.69, 9.17) is 9.15 Å². The van der Waals surface area contributed by atoms with Crippen molar-refractivity contribution in [2.24, 2.45) is 0 Å². The van der Waals surface area contributed by atoms with E-state index in [1.807, 2.05) is 32.0 Å². The van der Waals surface area contributed by atoms with Crippen molar-refractivity contribution in [2.45, 2.75) is 32.8 Å². The molecule has 1 aromatic carbocycles. The molecule has 0 aliphatic carbocycles. The molecule has 2 amide bonds. The van der Waals surface area contributed by atoms with Crippen molar-refractivity contribution in [2.75, 3.05) is 25.0 Å². The molecule has 0 saturated carbocycles. The summed E-state index contributed by atoms with van der Waals surface area (Å²) in [5.74, 6) is 0.550. The SMILES string of the molecule is CC[C@@]1(C)CN(C(=O)Nc2ccc(C)c(-c3ncco3)c2)CCO1. The van der Waals surface area contributed by atoms with Crippen LogP contribution in [0.25, 0.3) is 11.5 Å². The van der Waals surface area contributed by atoms with Crippen LogP contribution in [0, 0.1) is 6.92 Å². The van der Waals surface area contributed by atoms with Crippen LogP contribution in [0.1, 0.15) is 25.8 Å². The number of amides is 2. The lowest BCUT2D eigenvalue weighted by molar-refractivity contribution is -0.0860. The molecule has 1 aliphatic heterocycles. The van der Waals surface area contributed by atoms with Gasteiger partial charge < -0.3 is 19.4 Å². The normalized spacial score (nSPS) is 20.9. The Morgan fingerprint density at radius 3 is 3.00 bits per heavy atom. The fourth-order valence-electron chi connectivity index (χ4n) is 2.81. The topological polar surface area (TPSA) is 67.6 Å². The molecule has 6 nitrogen and oxygen atoms in total. The van der Waals surface area contributed by atoms with Crippen LogP contribution in [0.5, 0.6) is 0 Å². The molecule has 128 valence electrons. The summed E-state index contributed by atoms with van der Waals surface area (Å²) in [7, 11) is 0. The van der Waals surface area contributed by atoms with Gasteiger partial charge in [0, 0.05) is 17.8 Å². The first-order valence-corrected chi connectivity index (χ1v) is 8.21. The number of nitrogens with one attached hydrogen (secondary N) is 1. The highest BCUT2D eigenvalue weighted by Crippen LogP contribution is 2.26. The third-order valence-corrected chi connectivity index (χ3v) is 4.52. The van der Waals surface area contributed by atoms with Crippen molar-refractivity contribution in [3.8, 4) is 11.5 Å². The van der Waals surface area contributed by atoms with Gasteiger partial charge in [0.1, 0.15) is 6.26 Å². The highest BCUT2D eigenvalue weighted by molar-refractivity contribution is 5.90. The number of urea groups is 1. The summed E-state index contributed by atoms with van der Waals surface area (Å²) >= 11 is 0. The number of hydrogen-bond donors (Lipinski definition) is 1. The first kappa shape index (κ1) is 16.5. The number of ether oxygens (including phenoxy) is 1. The Bertz CT molecular complexity index is 714. The maximum Gasteiger partial charge on any atom is 0.322 e. The molecule has 1 aromatic heterocycles. The highest BCUT2D eigenvalue weighted by Gasteiger charge is 2.32. The number of morpholine rings is 1. The Hall–Kier alpha value is -2.34. The summed E-state index contributed by atoms with van der Waals surface area (Å²) < 4.78 is 11.2. The smallest absolute Gasteiger partial charge is 0.322 e. The number of aryl methyl sites for hydroxylation is 1. The number of anilines is 1. The van der Waals surface area contributed by atoms with E-state index in [-0.39, 0.29) is 11.6 Å². The molecule has 24 heavy (non-hydrogen) atoms. The van der Waals surface area contributed by atoms with E-state index in [0.717, 1.165) is 23.2 Å². The van der Waals surface area contributed by atoms with Crippen LogP contribution in [0.2, 0.25) is 0 Å². The molecule has 0 radical (unpaired) electrons. The Morgan fingerprint density at radius 2 is 2.29 bits per heavy atom. The van der Waals surface area contributed by atoms with Gasteiger partial charge >= 0.3 is 6.03 Å². The van der Waals surface area contributed by atoms with Gasteiger partial charge in [-0.15, -0.1) is 0 Å². The van der Waals surface area contributed by atoms with Gasteiger partial charge in [0.2, 0.25) is 5.89 Å². The van der Waals surface area contributed by atoms with E-state index in [9.17, 15) is 4.79 Å².